The van der Waals surface area contributed by atoms with Gasteiger partial charge in [-0.2, -0.15) is 0 Å². The molecule has 0 aromatic heterocycles. The number of carbonyl (C=O) groups is 1. The number of carbonyl (C=O) groups excluding carboxylic acids is 1. The van der Waals surface area contributed by atoms with Crippen LogP contribution in [0.25, 0.3) is 0 Å². The molecule has 0 aromatic rings. The maximum Gasteiger partial charge on any atom is 0.302 e. The van der Waals surface area contributed by atoms with Gasteiger partial charge < -0.3 is 4.74 Å². The Hall–Kier alpha value is -0.530. The SMILES string of the molecule is CC(=O)O[C@H]1CC[C@@]2(C)C(CCC3[C@@H]4CC[C@H]([C@H](C)CCCC(C)C)[C@@]4(C)CC[C@@H]32)C1. The summed E-state index contributed by atoms with van der Waals surface area (Å²) in [7, 11) is 0. The molecular formula is C29H50O2. The van der Waals surface area contributed by atoms with Crippen molar-refractivity contribution >= 4 is 5.97 Å². The van der Waals surface area contributed by atoms with Gasteiger partial charge in [-0.25, -0.2) is 0 Å². The van der Waals surface area contributed by atoms with Crippen molar-refractivity contribution in [2.24, 2.45) is 52.3 Å². The first kappa shape index (κ1) is 23.6. The van der Waals surface area contributed by atoms with E-state index in [1.807, 2.05) is 0 Å². The standard InChI is InChI=1S/C29H50O2/c1-19(2)8-7-9-20(3)25-12-13-26-24-11-10-22-18-23(31-21(4)30)14-16-28(22,5)27(24)15-17-29(25,26)6/h19-20,22-27H,7-18H2,1-6H3/t20-,22?,23+,24?,25-,26+,27+,28+,29-/m1/s1. The number of ether oxygens (including phenoxy) is 1. The van der Waals surface area contributed by atoms with Crippen LogP contribution in [0.15, 0.2) is 0 Å². The monoisotopic (exact) mass is 430 g/mol. The van der Waals surface area contributed by atoms with Crippen LogP contribution in [0.5, 0.6) is 0 Å². The van der Waals surface area contributed by atoms with Gasteiger partial charge in [-0.1, -0.05) is 53.9 Å². The van der Waals surface area contributed by atoms with Crippen LogP contribution >= 0.6 is 0 Å². The van der Waals surface area contributed by atoms with E-state index in [0.29, 0.717) is 10.8 Å². The highest BCUT2D eigenvalue weighted by atomic mass is 16.5. The van der Waals surface area contributed by atoms with E-state index in [1.165, 1.54) is 64.2 Å². The van der Waals surface area contributed by atoms with Gasteiger partial charge in [0.15, 0.2) is 0 Å². The number of hydrogen-bond acceptors (Lipinski definition) is 2. The molecule has 31 heavy (non-hydrogen) atoms. The molecule has 4 rings (SSSR count). The van der Waals surface area contributed by atoms with E-state index in [0.717, 1.165) is 54.3 Å². The van der Waals surface area contributed by atoms with Crippen LogP contribution in [0.3, 0.4) is 0 Å². The fraction of sp³-hybridized carbons (Fsp3) is 0.966. The molecule has 0 N–H and O–H groups in total. The second-order valence-corrected chi connectivity index (χ2v) is 13.2. The van der Waals surface area contributed by atoms with Crippen LogP contribution in [0, 0.1) is 52.3 Å². The van der Waals surface area contributed by atoms with E-state index in [-0.39, 0.29) is 12.1 Å². The van der Waals surface area contributed by atoms with Gasteiger partial charge in [0.2, 0.25) is 0 Å². The van der Waals surface area contributed by atoms with Gasteiger partial charge in [-0.05, 0) is 110 Å². The van der Waals surface area contributed by atoms with Crippen molar-refractivity contribution in [3.8, 4) is 0 Å². The van der Waals surface area contributed by atoms with Crippen LogP contribution in [0.1, 0.15) is 119 Å². The topological polar surface area (TPSA) is 26.3 Å². The third-order valence-electron chi connectivity index (χ3n) is 11.2. The molecular weight excluding hydrogens is 380 g/mol. The summed E-state index contributed by atoms with van der Waals surface area (Å²) in [5.74, 6) is 6.22. The first-order valence-corrected chi connectivity index (χ1v) is 13.8. The van der Waals surface area contributed by atoms with Gasteiger partial charge in [0.05, 0.1) is 0 Å². The van der Waals surface area contributed by atoms with Crippen LogP contribution in [-0.2, 0) is 9.53 Å². The molecule has 4 saturated carbocycles. The molecule has 9 atom stereocenters. The zero-order chi connectivity index (χ0) is 22.4. The largest absolute Gasteiger partial charge is 0.463 e. The zero-order valence-electron chi connectivity index (χ0n) is 21.4. The van der Waals surface area contributed by atoms with Crippen molar-refractivity contribution in [1.82, 2.24) is 0 Å². The molecule has 0 amide bonds. The average molecular weight is 431 g/mol. The summed E-state index contributed by atoms with van der Waals surface area (Å²) < 4.78 is 5.65. The summed E-state index contributed by atoms with van der Waals surface area (Å²) >= 11 is 0. The molecule has 2 nitrogen and oxygen atoms in total. The Bertz CT molecular complexity index is 641. The van der Waals surface area contributed by atoms with Gasteiger partial charge >= 0.3 is 5.97 Å². The predicted octanol–water partition coefficient (Wildman–Crippen LogP) is 8.04. The highest BCUT2D eigenvalue weighted by Gasteiger charge is 2.60. The van der Waals surface area contributed by atoms with Crippen molar-refractivity contribution in [3.63, 3.8) is 0 Å². The Morgan fingerprint density at radius 3 is 2.32 bits per heavy atom. The van der Waals surface area contributed by atoms with Gasteiger partial charge in [0.25, 0.3) is 0 Å². The summed E-state index contributed by atoms with van der Waals surface area (Å²) in [5.41, 5.74) is 1.08. The minimum absolute atomic E-state index is 0.0877. The number of hydrogen-bond donors (Lipinski definition) is 0. The van der Waals surface area contributed by atoms with Gasteiger partial charge in [0.1, 0.15) is 6.10 Å². The lowest BCUT2D eigenvalue weighted by Crippen LogP contribution is -2.54. The smallest absolute Gasteiger partial charge is 0.302 e. The van der Waals surface area contributed by atoms with Crippen molar-refractivity contribution in [1.29, 1.82) is 0 Å². The van der Waals surface area contributed by atoms with E-state index in [1.54, 1.807) is 6.92 Å². The second kappa shape index (κ2) is 9.02. The van der Waals surface area contributed by atoms with Gasteiger partial charge in [0, 0.05) is 6.92 Å². The number of rotatable bonds is 6. The summed E-state index contributed by atoms with van der Waals surface area (Å²) in [6, 6.07) is 0. The average Bonchev–Trinajstić information content (AvgIpc) is 3.05. The predicted molar refractivity (Wildman–Crippen MR) is 129 cm³/mol. The highest BCUT2D eigenvalue weighted by molar-refractivity contribution is 5.66. The van der Waals surface area contributed by atoms with E-state index in [4.69, 9.17) is 4.74 Å². The van der Waals surface area contributed by atoms with E-state index in [9.17, 15) is 4.79 Å². The quantitative estimate of drug-likeness (QED) is 0.398. The molecule has 0 aliphatic heterocycles. The van der Waals surface area contributed by atoms with Crippen molar-refractivity contribution in [2.45, 2.75) is 125 Å². The Kier molecular flexibility index (Phi) is 6.87. The zero-order valence-corrected chi connectivity index (χ0v) is 21.4. The van der Waals surface area contributed by atoms with Crippen molar-refractivity contribution < 1.29 is 9.53 Å². The Labute approximate surface area is 192 Å². The van der Waals surface area contributed by atoms with Gasteiger partial charge in [-0.3, -0.25) is 4.79 Å². The van der Waals surface area contributed by atoms with E-state index >= 15 is 0 Å². The normalized spacial score (nSPS) is 45.5. The lowest BCUT2D eigenvalue weighted by molar-refractivity contribution is -0.160. The molecule has 0 radical (unpaired) electrons. The second-order valence-electron chi connectivity index (χ2n) is 13.2. The summed E-state index contributed by atoms with van der Waals surface area (Å²) in [4.78, 5) is 11.5. The molecule has 0 spiro atoms. The number of fused-ring (bicyclic) bond motifs is 5. The lowest BCUT2D eigenvalue weighted by atomic mass is 9.44. The minimum atomic E-state index is -0.0877. The molecule has 178 valence electrons. The fourth-order valence-electron chi connectivity index (χ4n) is 9.59. The molecule has 0 heterocycles. The van der Waals surface area contributed by atoms with Crippen molar-refractivity contribution in [3.05, 3.63) is 0 Å². The molecule has 4 aliphatic carbocycles. The molecule has 2 unspecified atom stereocenters. The van der Waals surface area contributed by atoms with E-state index < -0.39 is 0 Å². The van der Waals surface area contributed by atoms with E-state index in [2.05, 4.69) is 34.6 Å². The molecule has 4 aliphatic rings. The Morgan fingerprint density at radius 2 is 1.61 bits per heavy atom. The van der Waals surface area contributed by atoms with Crippen LogP contribution in [-0.4, -0.2) is 12.1 Å². The first-order chi connectivity index (χ1) is 14.6. The third-order valence-corrected chi connectivity index (χ3v) is 11.2. The number of esters is 1. The minimum Gasteiger partial charge on any atom is -0.463 e. The fourth-order valence-corrected chi connectivity index (χ4v) is 9.59. The molecule has 4 fully saturated rings. The van der Waals surface area contributed by atoms with Crippen LogP contribution in [0.2, 0.25) is 0 Å². The third kappa shape index (κ3) is 4.35. The summed E-state index contributed by atoms with van der Waals surface area (Å²) in [6.45, 7) is 14.2. The van der Waals surface area contributed by atoms with Gasteiger partial charge in [-0.15, -0.1) is 0 Å². The highest BCUT2D eigenvalue weighted by Crippen LogP contribution is 2.68. The van der Waals surface area contributed by atoms with Crippen LogP contribution < -0.4 is 0 Å². The first-order valence-electron chi connectivity index (χ1n) is 13.8. The molecule has 0 saturated heterocycles. The molecule has 2 heteroatoms. The molecule has 0 aromatic carbocycles. The maximum absolute atomic E-state index is 11.5. The van der Waals surface area contributed by atoms with Crippen LogP contribution in [0.4, 0.5) is 0 Å². The van der Waals surface area contributed by atoms with Crippen molar-refractivity contribution in [2.75, 3.05) is 0 Å². The maximum atomic E-state index is 11.5. The molecule has 0 bridgehead atoms. The summed E-state index contributed by atoms with van der Waals surface area (Å²) in [6.07, 6.45) is 16.6. The Morgan fingerprint density at radius 1 is 0.903 bits per heavy atom. The lowest BCUT2D eigenvalue weighted by Gasteiger charge is -2.61. The summed E-state index contributed by atoms with van der Waals surface area (Å²) in [5, 5.41) is 0. The Balaban J connectivity index is 1.43.